The summed E-state index contributed by atoms with van der Waals surface area (Å²) in [7, 11) is 0. The van der Waals surface area contributed by atoms with Crippen LogP contribution in [0.1, 0.15) is 21.5 Å². The van der Waals surface area contributed by atoms with Crippen LogP contribution in [0.4, 0.5) is 0 Å². The molecule has 0 spiro atoms. The predicted octanol–water partition coefficient (Wildman–Crippen LogP) is 3.27. The number of halogens is 1. The molecule has 2 aromatic rings. The van der Waals surface area contributed by atoms with Crippen LogP contribution in [0.5, 0.6) is 0 Å². The van der Waals surface area contributed by atoms with Crippen molar-refractivity contribution in [2.45, 2.75) is 13.1 Å². The Bertz CT molecular complexity index is 668. The maximum absolute atomic E-state index is 12.2. The number of amides is 1. The average Bonchev–Trinajstić information content (AvgIpc) is 3.01. The van der Waals surface area contributed by atoms with Crippen LogP contribution in [0, 0.1) is 0 Å². The van der Waals surface area contributed by atoms with Gasteiger partial charge in [0.15, 0.2) is 0 Å². The molecule has 23 heavy (non-hydrogen) atoms. The highest BCUT2D eigenvalue weighted by atomic mass is 79.9. The van der Waals surface area contributed by atoms with Gasteiger partial charge < -0.3 is 10.1 Å². The number of thiophene rings is 1. The fourth-order valence-corrected chi connectivity index (χ4v) is 3.73. The number of hydrogen-bond donors (Lipinski definition) is 1. The summed E-state index contributed by atoms with van der Waals surface area (Å²) in [6.45, 7) is 4.97. The van der Waals surface area contributed by atoms with Crippen molar-refractivity contribution in [3.8, 4) is 0 Å². The summed E-state index contributed by atoms with van der Waals surface area (Å²) in [5.41, 5.74) is 3.13. The average molecular weight is 395 g/mol. The van der Waals surface area contributed by atoms with E-state index in [1.807, 2.05) is 17.5 Å². The number of benzene rings is 1. The highest BCUT2D eigenvalue weighted by Gasteiger charge is 2.13. The van der Waals surface area contributed by atoms with Crippen molar-refractivity contribution in [3.05, 3.63) is 56.2 Å². The molecule has 0 atom stereocenters. The first kappa shape index (κ1) is 16.6. The van der Waals surface area contributed by atoms with Gasteiger partial charge in [0.05, 0.1) is 22.6 Å². The topological polar surface area (TPSA) is 41.6 Å². The second kappa shape index (κ2) is 8.06. The first-order valence-electron chi connectivity index (χ1n) is 7.61. The van der Waals surface area contributed by atoms with E-state index in [2.05, 4.69) is 44.3 Å². The standard InChI is InChI=1S/C17H19BrN2O2S/c18-16-9-15(12-23-16)17(21)19-10-13-3-1-2-4-14(13)11-20-5-7-22-8-6-20/h1-4,9,12H,5-8,10-11H2,(H,19,21). The Labute approximate surface area is 148 Å². The molecule has 1 aromatic heterocycles. The molecule has 1 aromatic carbocycles. The Balaban J connectivity index is 1.62. The summed E-state index contributed by atoms with van der Waals surface area (Å²) >= 11 is 4.90. The smallest absolute Gasteiger partial charge is 0.252 e. The molecule has 4 nitrogen and oxygen atoms in total. The predicted molar refractivity (Wildman–Crippen MR) is 95.7 cm³/mol. The number of rotatable bonds is 5. The number of ether oxygens (including phenoxy) is 1. The molecule has 0 aliphatic carbocycles. The summed E-state index contributed by atoms with van der Waals surface area (Å²) in [6.07, 6.45) is 0. The highest BCUT2D eigenvalue weighted by Crippen LogP contribution is 2.20. The number of carbonyl (C=O) groups is 1. The van der Waals surface area contributed by atoms with Crippen molar-refractivity contribution in [2.75, 3.05) is 26.3 Å². The van der Waals surface area contributed by atoms with Crippen LogP contribution < -0.4 is 5.32 Å². The summed E-state index contributed by atoms with van der Waals surface area (Å²) < 4.78 is 6.36. The fraction of sp³-hybridized carbons (Fsp3) is 0.353. The third kappa shape index (κ3) is 4.64. The van der Waals surface area contributed by atoms with E-state index in [0.717, 1.165) is 36.6 Å². The zero-order valence-corrected chi connectivity index (χ0v) is 15.2. The van der Waals surface area contributed by atoms with Gasteiger partial charge in [-0.1, -0.05) is 24.3 Å². The highest BCUT2D eigenvalue weighted by molar-refractivity contribution is 9.11. The van der Waals surface area contributed by atoms with Gasteiger partial charge in [0.1, 0.15) is 0 Å². The van der Waals surface area contributed by atoms with Crippen molar-refractivity contribution in [2.24, 2.45) is 0 Å². The lowest BCUT2D eigenvalue weighted by Crippen LogP contribution is -2.36. The van der Waals surface area contributed by atoms with Crippen LogP contribution in [0.15, 0.2) is 39.5 Å². The van der Waals surface area contributed by atoms with Crippen LogP contribution in [-0.2, 0) is 17.8 Å². The third-order valence-electron chi connectivity index (χ3n) is 3.89. The Kier molecular flexibility index (Phi) is 5.83. The molecule has 1 aliphatic heterocycles. The van der Waals surface area contributed by atoms with Crippen molar-refractivity contribution in [1.82, 2.24) is 10.2 Å². The molecule has 1 saturated heterocycles. The van der Waals surface area contributed by atoms with E-state index in [4.69, 9.17) is 4.74 Å². The Morgan fingerprint density at radius 2 is 2.00 bits per heavy atom. The Morgan fingerprint density at radius 1 is 1.26 bits per heavy atom. The van der Waals surface area contributed by atoms with Crippen molar-refractivity contribution in [1.29, 1.82) is 0 Å². The molecule has 122 valence electrons. The van der Waals surface area contributed by atoms with Crippen LogP contribution in [0.25, 0.3) is 0 Å². The number of carbonyl (C=O) groups excluding carboxylic acids is 1. The largest absolute Gasteiger partial charge is 0.379 e. The van der Waals surface area contributed by atoms with E-state index in [0.29, 0.717) is 12.1 Å². The SMILES string of the molecule is O=C(NCc1ccccc1CN1CCOCC1)c1csc(Br)c1. The zero-order chi connectivity index (χ0) is 16.1. The van der Waals surface area contributed by atoms with E-state index < -0.39 is 0 Å². The minimum atomic E-state index is -0.0341. The van der Waals surface area contributed by atoms with Gasteiger partial charge in [0.25, 0.3) is 5.91 Å². The molecule has 0 saturated carbocycles. The molecule has 2 heterocycles. The maximum atomic E-state index is 12.2. The number of nitrogens with one attached hydrogen (secondary N) is 1. The van der Waals surface area contributed by atoms with Crippen molar-refractivity contribution in [3.63, 3.8) is 0 Å². The van der Waals surface area contributed by atoms with Crippen LogP contribution in [0.2, 0.25) is 0 Å². The quantitative estimate of drug-likeness (QED) is 0.845. The van der Waals surface area contributed by atoms with Gasteiger partial charge in [-0.05, 0) is 33.1 Å². The van der Waals surface area contributed by atoms with E-state index in [-0.39, 0.29) is 5.91 Å². The van der Waals surface area contributed by atoms with E-state index >= 15 is 0 Å². The van der Waals surface area contributed by atoms with Gasteiger partial charge in [0.2, 0.25) is 0 Å². The fourth-order valence-electron chi connectivity index (χ4n) is 2.59. The Hall–Kier alpha value is -1.21. The maximum Gasteiger partial charge on any atom is 0.252 e. The molecule has 3 rings (SSSR count). The molecule has 6 heteroatoms. The molecule has 0 unspecified atom stereocenters. The minimum absolute atomic E-state index is 0.0341. The van der Waals surface area contributed by atoms with Crippen molar-refractivity contribution >= 4 is 33.2 Å². The lowest BCUT2D eigenvalue weighted by atomic mass is 10.1. The lowest BCUT2D eigenvalue weighted by molar-refractivity contribution is 0.0340. The van der Waals surface area contributed by atoms with E-state index in [9.17, 15) is 4.79 Å². The van der Waals surface area contributed by atoms with Gasteiger partial charge in [-0.15, -0.1) is 11.3 Å². The molecule has 1 aliphatic rings. The first-order chi connectivity index (χ1) is 11.2. The number of nitrogens with zero attached hydrogens (tertiary/aromatic N) is 1. The normalized spacial score (nSPS) is 15.5. The van der Waals surface area contributed by atoms with Gasteiger partial charge in [0, 0.05) is 31.6 Å². The zero-order valence-electron chi connectivity index (χ0n) is 12.8. The van der Waals surface area contributed by atoms with Crippen LogP contribution >= 0.6 is 27.3 Å². The molecular formula is C17H19BrN2O2S. The molecule has 1 amide bonds. The Morgan fingerprint density at radius 3 is 2.70 bits per heavy atom. The monoisotopic (exact) mass is 394 g/mol. The van der Waals surface area contributed by atoms with Crippen molar-refractivity contribution < 1.29 is 9.53 Å². The first-order valence-corrected chi connectivity index (χ1v) is 9.29. The van der Waals surface area contributed by atoms with Crippen LogP contribution in [0.3, 0.4) is 0 Å². The molecule has 1 N–H and O–H groups in total. The third-order valence-corrected chi connectivity index (χ3v) is 5.39. The van der Waals surface area contributed by atoms with Gasteiger partial charge >= 0.3 is 0 Å². The molecule has 0 radical (unpaired) electrons. The molecular weight excluding hydrogens is 376 g/mol. The van der Waals surface area contributed by atoms with E-state index in [1.165, 1.54) is 22.5 Å². The second-order valence-corrected chi connectivity index (χ2v) is 7.77. The molecule has 1 fully saturated rings. The summed E-state index contributed by atoms with van der Waals surface area (Å²) in [5.74, 6) is -0.0341. The lowest BCUT2D eigenvalue weighted by Gasteiger charge is -2.27. The number of morpholine rings is 1. The summed E-state index contributed by atoms with van der Waals surface area (Å²) in [5, 5.41) is 4.87. The minimum Gasteiger partial charge on any atom is -0.379 e. The number of hydrogen-bond acceptors (Lipinski definition) is 4. The van der Waals surface area contributed by atoms with Crippen LogP contribution in [-0.4, -0.2) is 37.1 Å². The van der Waals surface area contributed by atoms with Gasteiger partial charge in [-0.25, -0.2) is 0 Å². The van der Waals surface area contributed by atoms with E-state index in [1.54, 1.807) is 0 Å². The van der Waals surface area contributed by atoms with Gasteiger partial charge in [-0.3, -0.25) is 9.69 Å². The summed E-state index contributed by atoms with van der Waals surface area (Å²) in [6, 6.07) is 10.1. The van der Waals surface area contributed by atoms with Gasteiger partial charge in [-0.2, -0.15) is 0 Å². The summed E-state index contributed by atoms with van der Waals surface area (Å²) in [4.78, 5) is 14.6. The molecule has 0 bridgehead atoms. The second-order valence-electron chi connectivity index (χ2n) is 5.48.